The fraction of sp³-hybridized carbons (Fsp3) is 0.588. The molecular weight excluding hydrogens is 440 g/mol. The zero-order valence-corrected chi connectivity index (χ0v) is 16.2. The average molecular weight is 455 g/mol. The first-order chi connectivity index (χ1) is 12.4. The van der Waals surface area contributed by atoms with Gasteiger partial charge < -0.3 is 4.74 Å². The third-order valence-electron chi connectivity index (χ3n) is 4.45. The minimum Gasteiger partial charge on any atom is -0.444 e. The summed E-state index contributed by atoms with van der Waals surface area (Å²) in [7, 11) is 0. The lowest BCUT2D eigenvalue weighted by atomic mass is 10.0. The van der Waals surface area contributed by atoms with E-state index in [1.54, 1.807) is 19.8 Å². The van der Waals surface area contributed by atoms with Crippen molar-refractivity contribution in [2.24, 2.45) is 17.3 Å². The van der Waals surface area contributed by atoms with Crippen molar-refractivity contribution in [3.8, 4) is 12.3 Å². The van der Waals surface area contributed by atoms with Gasteiger partial charge in [-0.05, 0) is 36.0 Å². The van der Waals surface area contributed by atoms with Gasteiger partial charge in [0.15, 0.2) is 6.10 Å². The van der Waals surface area contributed by atoms with Gasteiger partial charge in [0.2, 0.25) is 0 Å². The van der Waals surface area contributed by atoms with Gasteiger partial charge in [-0.3, -0.25) is 4.79 Å². The molecule has 1 aliphatic carbocycles. The van der Waals surface area contributed by atoms with Crippen molar-refractivity contribution >= 4 is 29.2 Å². The zero-order chi connectivity index (χ0) is 22.3. The van der Waals surface area contributed by atoms with Crippen LogP contribution in [0.4, 0.5) is 30.7 Å². The van der Waals surface area contributed by atoms with Crippen LogP contribution in [0.2, 0.25) is 0 Å². The Morgan fingerprint density at radius 1 is 1.18 bits per heavy atom. The van der Waals surface area contributed by atoms with Gasteiger partial charge in [-0.15, -0.1) is 6.42 Å². The summed E-state index contributed by atoms with van der Waals surface area (Å²) in [6, 6.07) is 0. The van der Waals surface area contributed by atoms with Gasteiger partial charge in [0.25, 0.3) is 0 Å². The van der Waals surface area contributed by atoms with Crippen molar-refractivity contribution in [3.63, 3.8) is 0 Å². The molecule has 0 heterocycles. The molecule has 0 aliphatic heterocycles. The Bertz CT molecular complexity index is 729. The summed E-state index contributed by atoms with van der Waals surface area (Å²) in [5.41, 5.74) is -1.51. The van der Waals surface area contributed by atoms with Crippen molar-refractivity contribution in [2.75, 3.05) is 0 Å². The van der Waals surface area contributed by atoms with Crippen LogP contribution in [0.25, 0.3) is 0 Å². The number of carbonyl (C=O) groups excluding carboxylic acids is 1. The highest BCUT2D eigenvalue weighted by molar-refractivity contribution is 6.55. The molecule has 3 atom stereocenters. The third-order valence-corrected chi connectivity index (χ3v) is 4.70. The number of esters is 1. The van der Waals surface area contributed by atoms with E-state index in [2.05, 4.69) is 0 Å². The van der Waals surface area contributed by atoms with E-state index < -0.39 is 59.0 Å². The number of allylic oxidation sites excluding steroid dienone is 2. The molecule has 2 nitrogen and oxygen atoms in total. The second kappa shape index (κ2) is 7.79. The first-order valence-corrected chi connectivity index (χ1v) is 8.37. The van der Waals surface area contributed by atoms with Gasteiger partial charge in [-0.2, -0.15) is 30.7 Å². The normalized spacial score (nSPS) is 23.5. The van der Waals surface area contributed by atoms with Gasteiger partial charge in [0, 0.05) is 0 Å². The maximum absolute atomic E-state index is 13.5. The number of hydrogen-bond acceptors (Lipinski definition) is 2. The number of hydrogen-bond donors (Lipinski definition) is 0. The highest BCUT2D eigenvalue weighted by atomic mass is 35.5. The van der Waals surface area contributed by atoms with E-state index in [4.69, 9.17) is 34.4 Å². The summed E-state index contributed by atoms with van der Waals surface area (Å²) in [5, 5.41) is 0. The predicted molar refractivity (Wildman–Crippen MR) is 89.0 cm³/mol. The molecule has 1 fully saturated rings. The van der Waals surface area contributed by atoms with E-state index in [-0.39, 0.29) is 4.49 Å². The highest BCUT2D eigenvalue weighted by Gasteiger charge is 2.72. The molecule has 0 amide bonds. The molecule has 0 aromatic heterocycles. The van der Waals surface area contributed by atoms with Crippen LogP contribution in [0, 0.1) is 29.6 Å². The molecule has 158 valence electrons. The van der Waals surface area contributed by atoms with E-state index in [1.165, 1.54) is 6.08 Å². The maximum Gasteiger partial charge on any atom is 0.460 e. The smallest absolute Gasteiger partial charge is 0.444 e. The summed E-state index contributed by atoms with van der Waals surface area (Å²) in [6.45, 7) is 4.06. The Kier molecular flexibility index (Phi) is 6.85. The lowest BCUT2D eigenvalue weighted by Crippen LogP contribution is -2.51. The fourth-order valence-electron chi connectivity index (χ4n) is 2.66. The number of alkyl halides is 7. The van der Waals surface area contributed by atoms with Crippen LogP contribution in [0.5, 0.6) is 0 Å². The second-order valence-electron chi connectivity index (χ2n) is 6.85. The Labute approximate surface area is 166 Å². The Hall–Kier alpha value is -1.40. The second-order valence-corrected chi connectivity index (χ2v) is 7.86. The van der Waals surface area contributed by atoms with E-state index >= 15 is 0 Å². The van der Waals surface area contributed by atoms with E-state index in [1.807, 2.05) is 0 Å². The minimum absolute atomic E-state index is 0.119. The Balaban J connectivity index is 3.03. The molecule has 0 saturated heterocycles. The van der Waals surface area contributed by atoms with Gasteiger partial charge >= 0.3 is 24.0 Å². The van der Waals surface area contributed by atoms with Crippen molar-refractivity contribution in [3.05, 3.63) is 22.2 Å². The van der Waals surface area contributed by atoms with Gasteiger partial charge in [0.05, 0.1) is 5.92 Å². The SMILES string of the molecule is C#CC(OC(=O)C1C(C=C(Cl)Cl)C1(C)C)C(C)=CC(F)(F)C(F)(F)C(F)(F)F. The standard InChI is InChI=1S/C17H15Cl2F7O2/c1-5-10(8(2)7-15(20,21)16(22,23)17(24,25)26)28-13(27)12-9(6-11(18)19)14(12,3)4/h1,6-7,9-10,12H,2-4H3. The molecule has 28 heavy (non-hydrogen) atoms. The van der Waals surface area contributed by atoms with Crippen LogP contribution in [-0.2, 0) is 9.53 Å². The topological polar surface area (TPSA) is 26.3 Å². The van der Waals surface area contributed by atoms with E-state index in [9.17, 15) is 35.5 Å². The monoisotopic (exact) mass is 454 g/mol. The summed E-state index contributed by atoms with van der Waals surface area (Å²) < 4.78 is 94.3. The first kappa shape index (κ1) is 24.6. The highest BCUT2D eigenvalue weighted by Crippen LogP contribution is 2.60. The fourth-order valence-corrected chi connectivity index (χ4v) is 2.94. The van der Waals surface area contributed by atoms with Crippen LogP contribution in [0.3, 0.4) is 0 Å². The summed E-state index contributed by atoms with van der Waals surface area (Å²) in [5.74, 6) is -12.4. The molecule has 0 radical (unpaired) electrons. The lowest BCUT2D eigenvalue weighted by Gasteiger charge is -2.27. The molecular formula is C17H15Cl2F7O2. The van der Waals surface area contributed by atoms with Crippen LogP contribution in [-0.4, -0.2) is 30.1 Å². The molecule has 0 bridgehead atoms. The van der Waals surface area contributed by atoms with Crippen molar-refractivity contribution in [1.29, 1.82) is 0 Å². The van der Waals surface area contributed by atoms with Crippen LogP contribution >= 0.6 is 23.2 Å². The molecule has 0 aromatic carbocycles. The van der Waals surface area contributed by atoms with Crippen LogP contribution in [0.15, 0.2) is 22.2 Å². The first-order valence-electron chi connectivity index (χ1n) is 7.61. The predicted octanol–water partition coefficient (Wildman–Crippen LogP) is 5.90. The molecule has 1 aliphatic rings. The van der Waals surface area contributed by atoms with E-state index in [0.717, 1.165) is 6.92 Å². The molecule has 0 spiro atoms. The van der Waals surface area contributed by atoms with Crippen LogP contribution in [0.1, 0.15) is 20.8 Å². The zero-order valence-electron chi connectivity index (χ0n) is 14.7. The largest absolute Gasteiger partial charge is 0.460 e. The quantitative estimate of drug-likeness (QED) is 0.216. The van der Waals surface area contributed by atoms with E-state index in [0.29, 0.717) is 0 Å². The molecule has 1 rings (SSSR count). The van der Waals surface area contributed by atoms with Gasteiger partial charge in [-0.1, -0.05) is 43.0 Å². The lowest BCUT2D eigenvalue weighted by molar-refractivity contribution is -0.342. The third kappa shape index (κ3) is 4.77. The van der Waals surface area contributed by atoms with Crippen molar-refractivity contribution < 1.29 is 40.3 Å². The molecule has 11 heteroatoms. The average Bonchev–Trinajstić information content (AvgIpc) is 3.02. The molecule has 0 aromatic rings. The Morgan fingerprint density at radius 2 is 1.68 bits per heavy atom. The number of rotatable bonds is 6. The molecule has 1 saturated carbocycles. The number of ether oxygens (including phenoxy) is 1. The number of terminal acetylenes is 1. The Morgan fingerprint density at radius 3 is 2.07 bits per heavy atom. The minimum atomic E-state index is -6.49. The maximum atomic E-state index is 13.5. The molecule has 3 unspecified atom stereocenters. The summed E-state index contributed by atoms with van der Waals surface area (Å²) in [4.78, 5) is 12.2. The van der Waals surface area contributed by atoms with Gasteiger partial charge in [0.1, 0.15) is 4.49 Å². The van der Waals surface area contributed by atoms with Gasteiger partial charge in [-0.25, -0.2) is 0 Å². The number of halogens is 9. The summed E-state index contributed by atoms with van der Waals surface area (Å²) in [6.07, 6.45) is -2.58. The molecule has 0 N–H and O–H groups in total. The van der Waals surface area contributed by atoms with Crippen molar-refractivity contribution in [2.45, 2.75) is 44.9 Å². The van der Waals surface area contributed by atoms with Crippen molar-refractivity contribution in [1.82, 2.24) is 0 Å². The summed E-state index contributed by atoms with van der Waals surface area (Å²) >= 11 is 11.1. The number of carbonyl (C=O) groups is 1. The van der Waals surface area contributed by atoms with Crippen LogP contribution < -0.4 is 0 Å².